The molecule has 0 heterocycles. The lowest BCUT2D eigenvalue weighted by Gasteiger charge is -2.17. The van der Waals surface area contributed by atoms with Crippen molar-refractivity contribution in [2.45, 2.75) is 36.2 Å². The van der Waals surface area contributed by atoms with E-state index in [2.05, 4.69) is 4.99 Å². The van der Waals surface area contributed by atoms with Crippen molar-refractivity contribution in [1.29, 1.82) is 0 Å². The van der Waals surface area contributed by atoms with Crippen LogP contribution in [0.15, 0.2) is 51.2 Å². The molecular formula is C18H18F3N3O3S. The number of nitrogens with zero attached hydrogens (tertiary/aromatic N) is 1. The van der Waals surface area contributed by atoms with E-state index in [1.165, 1.54) is 18.2 Å². The number of aryl methyl sites for hydroxylation is 2. The molecule has 10 heteroatoms. The van der Waals surface area contributed by atoms with E-state index in [1.807, 2.05) is 0 Å². The topological polar surface area (TPSA) is 116 Å². The Morgan fingerprint density at radius 1 is 1.14 bits per heavy atom. The predicted molar refractivity (Wildman–Crippen MR) is 97.6 cm³/mol. The van der Waals surface area contributed by atoms with Gasteiger partial charge in [0.05, 0.1) is 15.4 Å². The van der Waals surface area contributed by atoms with E-state index in [0.29, 0.717) is 11.6 Å². The molecule has 0 aliphatic rings. The molecule has 6 nitrogen and oxygen atoms in total. The Kier molecular flexibility index (Phi) is 5.83. The summed E-state index contributed by atoms with van der Waals surface area (Å²) in [5.41, 5.74) is 9.03. The number of hydrogen-bond donors (Lipinski definition) is 2. The third-order valence-electron chi connectivity index (χ3n) is 3.94. The fourth-order valence-corrected chi connectivity index (χ4v) is 4.26. The van der Waals surface area contributed by atoms with Crippen LogP contribution < -0.4 is 11.5 Å². The standard InChI is InChI=1S/C18H18F3N3O3S/c1-3-11-8-15(28(26,27)12-6-4-5-10(2)7-12)14(18(19,20)21)9-13(11)16(25)24-17(22)23/h4-9H,3H2,1-2H3,(H4,22,23,24,25). The SMILES string of the molecule is CCc1cc(S(=O)(=O)c2cccc(C)c2)c(C(F)(F)F)cc1C(=O)N=C(N)N. The Bertz CT molecular complexity index is 1060. The fraction of sp³-hybridized carbons (Fsp3) is 0.222. The van der Waals surface area contributed by atoms with E-state index in [0.717, 1.165) is 6.07 Å². The molecule has 0 saturated carbocycles. The number of guanidine groups is 1. The third-order valence-corrected chi connectivity index (χ3v) is 5.73. The molecule has 150 valence electrons. The van der Waals surface area contributed by atoms with Gasteiger partial charge in [-0.3, -0.25) is 4.79 Å². The second-order valence-electron chi connectivity index (χ2n) is 6.02. The van der Waals surface area contributed by atoms with Crippen molar-refractivity contribution in [3.8, 4) is 0 Å². The Balaban J connectivity index is 2.84. The van der Waals surface area contributed by atoms with Gasteiger partial charge in [-0.15, -0.1) is 0 Å². The lowest BCUT2D eigenvalue weighted by molar-refractivity contribution is -0.139. The zero-order valence-corrected chi connectivity index (χ0v) is 15.9. The summed E-state index contributed by atoms with van der Waals surface area (Å²) >= 11 is 0. The highest BCUT2D eigenvalue weighted by atomic mass is 32.2. The van der Waals surface area contributed by atoms with Gasteiger partial charge in [0, 0.05) is 5.56 Å². The van der Waals surface area contributed by atoms with Crippen molar-refractivity contribution >= 4 is 21.7 Å². The van der Waals surface area contributed by atoms with Gasteiger partial charge < -0.3 is 11.5 Å². The summed E-state index contributed by atoms with van der Waals surface area (Å²) in [4.78, 5) is 14.2. The number of aliphatic imine (C=N–C) groups is 1. The van der Waals surface area contributed by atoms with Gasteiger partial charge in [0.25, 0.3) is 5.91 Å². The van der Waals surface area contributed by atoms with E-state index in [-0.39, 0.29) is 16.9 Å². The van der Waals surface area contributed by atoms with E-state index < -0.39 is 43.9 Å². The minimum absolute atomic E-state index is 0.0780. The second-order valence-corrected chi connectivity index (χ2v) is 7.94. The summed E-state index contributed by atoms with van der Waals surface area (Å²) in [6, 6.07) is 6.89. The number of sulfone groups is 1. The van der Waals surface area contributed by atoms with Gasteiger partial charge >= 0.3 is 6.18 Å². The number of benzene rings is 2. The van der Waals surface area contributed by atoms with Crippen molar-refractivity contribution in [3.05, 3.63) is 58.7 Å². The van der Waals surface area contributed by atoms with Gasteiger partial charge in [0.1, 0.15) is 0 Å². The van der Waals surface area contributed by atoms with Gasteiger partial charge in [-0.1, -0.05) is 19.1 Å². The molecule has 0 bridgehead atoms. The van der Waals surface area contributed by atoms with Crippen molar-refractivity contribution in [1.82, 2.24) is 0 Å². The number of carbonyl (C=O) groups is 1. The molecule has 0 aromatic heterocycles. The summed E-state index contributed by atoms with van der Waals surface area (Å²) in [6.45, 7) is 3.19. The quantitative estimate of drug-likeness (QED) is 0.591. The Morgan fingerprint density at radius 3 is 2.29 bits per heavy atom. The van der Waals surface area contributed by atoms with Gasteiger partial charge in [0.2, 0.25) is 9.84 Å². The zero-order chi connectivity index (χ0) is 21.3. The number of nitrogens with two attached hydrogens (primary N) is 2. The molecule has 0 atom stereocenters. The number of halogens is 3. The van der Waals surface area contributed by atoms with Gasteiger partial charge in [0.15, 0.2) is 5.96 Å². The lowest BCUT2D eigenvalue weighted by Crippen LogP contribution is -2.25. The number of hydrogen-bond acceptors (Lipinski definition) is 3. The zero-order valence-electron chi connectivity index (χ0n) is 15.0. The Hall–Kier alpha value is -2.88. The van der Waals surface area contributed by atoms with Crippen LogP contribution in [0.4, 0.5) is 13.2 Å². The van der Waals surface area contributed by atoms with Crippen molar-refractivity contribution in [2.24, 2.45) is 16.5 Å². The summed E-state index contributed by atoms with van der Waals surface area (Å²) in [5, 5.41) is 0. The molecule has 1 amide bonds. The highest BCUT2D eigenvalue weighted by molar-refractivity contribution is 7.91. The van der Waals surface area contributed by atoms with E-state index >= 15 is 0 Å². The van der Waals surface area contributed by atoms with E-state index in [9.17, 15) is 26.4 Å². The van der Waals surface area contributed by atoms with Crippen molar-refractivity contribution in [2.75, 3.05) is 0 Å². The molecule has 2 aromatic carbocycles. The van der Waals surface area contributed by atoms with Crippen LogP contribution in [0.25, 0.3) is 0 Å². The molecule has 0 saturated heterocycles. The van der Waals surface area contributed by atoms with Crippen LogP contribution in [-0.4, -0.2) is 20.3 Å². The summed E-state index contributed by atoms with van der Waals surface area (Å²) in [7, 11) is -4.49. The molecule has 4 N–H and O–H groups in total. The first-order valence-corrected chi connectivity index (χ1v) is 9.56. The monoisotopic (exact) mass is 413 g/mol. The van der Waals surface area contributed by atoms with Gasteiger partial charge in [-0.05, 0) is 48.7 Å². The maximum Gasteiger partial charge on any atom is 0.417 e. The number of rotatable bonds is 4. The molecule has 2 aromatic rings. The lowest BCUT2D eigenvalue weighted by atomic mass is 10.0. The average Bonchev–Trinajstić information content (AvgIpc) is 2.59. The second kappa shape index (κ2) is 7.63. The molecule has 0 radical (unpaired) electrons. The van der Waals surface area contributed by atoms with Crippen molar-refractivity contribution in [3.63, 3.8) is 0 Å². The third kappa shape index (κ3) is 4.33. The maximum atomic E-state index is 13.7. The van der Waals surface area contributed by atoms with Crippen LogP contribution in [0.2, 0.25) is 0 Å². The van der Waals surface area contributed by atoms with Gasteiger partial charge in [-0.2, -0.15) is 18.2 Å². The first kappa shape index (κ1) is 21.4. The van der Waals surface area contributed by atoms with E-state index in [1.54, 1.807) is 19.9 Å². The molecule has 0 fully saturated rings. The van der Waals surface area contributed by atoms with E-state index in [4.69, 9.17) is 11.5 Å². The molecule has 0 aliphatic heterocycles. The smallest absolute Gasteiger partial charge is 0.370 e. The summed E-state index contributed by atoms with van der Waals surface area (Å²) in [5.74, 6) is -1.70. The first-order chi connectivity index (χ1) is 12.9. The minimum Gasteiger partial charge on any atom is -0.370 e. The van der Waals surface area contributed by atoms with Crippen LogP contribution in [-0.2, 0) is 22.4 Å². The normalized spacial score (nSPS) is 11.9. The molecule has 0 aliphatic carbocycles. The molecule has 0 spiro atoms. The summed E-state index contributed by atoms with van der Waals surface area (Å²) in [6.07, 6.45) is -4.93. The first-order valence-electron chi connectivity index (χ1n) is 8.07. The Labute approximate surface area is 160 Å². The highest BCUT2D eigenvalue weighted by Gasteiger charge is 2.39. The average molecular weight is 413 g/mol. The van der Waals surface area contributed by atoms with Crippen LogP contribution in [0, 0.1) is 6.92 Å². The molecule has 0 unspecified atom stereocenters. The summed E-state index contributed by atoms with van der Waals surface area (Å²) < 4.78 is 66.8. The highest BCUT2D eigenvalue weighted by Crippen LogP contribution is 2.38. The number of alkyl halides is 3. The van der Waals surface area contributed by atoms with Crippen LogP contribution in [0.5, 0.6) is 0 Å². The Morgan fingerprint density at radius 2 is 1.79 bits per heavy atom. The maximum absolute atomic E-state index is 13.7. The number of carbonyl (C=O) groups excluding carboxylic acids is 1. The van der Waals surface area contributed by atoms with Crippen LogP contribution >= 0.6 is 0 Å². The van der Waals surface area contributed by atoms with Crippen molar-refractivity contribution < 1.29 is 26.4 Å². The number of amides is 1. The van der Waals surface area contributed by atoms with Crippen LogP contribution in [0.1, 0.15) is 34.0 Å². The fourth-order valence-electron chi connectivity index (χ4n) is 2.64. The minimum atomic E-state index is -5.02. The largest absolute Gasteiger partial charge is 0.417 e. The molecule has 2 rings (SSSR count). The van der Waals surface area contributed by atoms with Gasteiger partial charge in [-0.25, -0.2) is 8.42 Å². The molecular weight excluding hydrogens is 395 g/mol. The predicted octanol–water partition coefficient (Wildman–Crippen LogP) is 2.82. The van der Waals surface area contributed by atoms with Crippen LogP contribution in [0.3, 0.4) is 0 Å². The molecule has 28 heavy (non-hydrogen) atoms.